The van der Waals surface area contributed by atoms with Crippen LogP contribution in [0.3, 0.4) is 0 Å². The third-order valence-corrected chi connectivity index (χ3v) is 3.12. The van der Waals surface area contributed by atoms with Crippen molar-refractivity contribution in [2.45, 2.75) is 26.3 Å². The number of carbonyl (C=O) groups excluding carboxylic acids is 1. The van der Waals surface area contributed by atoms with Gasteiger partial charge in [0.15, 0.2) is 0 Å². The highest BCUT2D eigenvalue weighted by Crippen LogP contribution is 2.09. The highest BCUT2D eigenvalue weighted by Gasteiger charge is 2.22. The molecule has 88 valence electrons. The lowest BCUT2D eigenvalue weighted by molar-refractivity contribution is -0.141. The number of rotatable bonds is 4. The molecule has 4 heteroatoms. The quantitative estimate of drug-likeness (QED) is 0.641. The van der Waals surface area contributed by atoms with E-state index in [9.17, 15) is 4.79 Å². The maximum atomic E-state index is 11.0. The van der Waals surface area contributed by atoms with Crippen LogP contribution in [-0.4, -0.2) is 61.6 Å². The Kier molecular flexibility index (Phi) is 5.05. The zero-order valence-electron chi connectivity index (χ0n) is 10.0. The molecule has 1 heterocycles. The van der Waals surface area contributed by atoms with Crippen LogP contribution in [0.5, 0.6) is 0 Å². The van der Waals surface area contributed by atoms with Gasteiger partial charge in [0.25, 0.3) is 0 Å². The normalized spacial score (nSPS) is 24.1. The van der Waals surface area contributed by atoms with Crippen LogP contribution < -0.4 is 0 Å². The van der Waals surface area contributed by atoms with Crippen LogP contribution in [0.2, 0.25) is 0 Å². The molecule has 4 nitrogen and oxygen atoms in total. The molecule has 0 amide bonds. The number of nitrogens with zero attached hydrogens (tertiary/aromatic N) is 2. The standard InChI is InChI=1S/C11H22N2O2/c1-4-13-8-7-12(9-10(13)2)6-5-11(14)15-3/h10H,4-9H2,1-3H3. The van der Waals surface area contributed by atoms with E-state index >= 15 is 0 Å². The van der Waals surface area contributed by atoms with Gasteiger partial charge in [-0.3, -0.25) is 14.6 Å². The first-order valence-electron chi connectivity index (χ1n) is 5.70. The van der Waals surface area contributed by atoms with Crippen molar-refractivity contribution in [1.82, 2.24) is 9.80 Å². The number of hydrogen-bond acceptors (Lipinski definition) is 4. The molecule has 0 bridgehead atoms. The van der Waals surface area contributed by atoms with Crippen molar-refractivity contribution in [1.29, 1.82) is 0 Å². The van der Waals surface area contributed by atoms with Gasteiger partial charge in [-0.15, -0.1) is 0 Å². The molecule has 1 aliphatic heterocycles. The average molecular weight is 214 g/mol. The van der Waals surface area contributed by atoms with Gasteiger partial charge in [-0.25, -0.2) is 0 Å². The second-order valence-electron chi connectivity index (χ2n) is 4.10. The molecular formula is C11H22N2O2. The van der Waals surface area contributed by atoms with E-state index in [0.717, 1.165) is 32.7 Å². The van der Waals surface area contributed by atoms with E-state index in [-0.39, 0.29) is 5.97 Å². The van der Waals surface area contributed by atoms with Gasteiger partial charge in [0, 0.05) is 32.2 Å². The molecule has 0 aromatic heterocycles. The zero-order chi connectivity index (χ0) is 11.3. The monoisotopic (exact) mass is 214 g/mol. The smallest absolute Gasteiger partial charge is 0.306 e. The summed E-state index contributed by atoms with van der Waals surface area (Å²) in [5.41, 5.74) is 0. The second kappa shape index (κ2) is 6.08. The molecule has 1 aliphatic rings. The molecule has 1 saturated heterocycles. The molecule has 1 unspecified atom stereocenters. The second-order valence-corrected chi connectivity index (χ2v) is 4.10. The van der Waals surface area contributed by atoms with Crippen molar-refractivity contribution in [2.24, 2.45) is 0 Å². The fraction of sp³-hybridized carbons (Fsp3) is 0.909. The summed E-state index contributed by atoms with van der Waals surface area (Å²) < 4.78 is 4.63. The van der Waals surface area contributed by atoms with Crippen molar-refractivity contribution in [2.75, 3.05) is 39.8 Å². The molecule has 0 saturated carbocycles. The number of esters is 1. The first-order chi connectivity index (χ1) is 7.17. The third-order valence-electron chi connectivity index (χ3n) is 3.12. The number of likely N-dealkylation sites (N-methyl/N-ethyl adjacent to an activating group) is 1. The molecule has 0 radical (unpaired) electrons. The molecule has 0 spiro atoms. The summed E-state index contributed by atoms with van der Waals surface area (Å²) in [5, 5.41) is 0. The minimum Gasteiger partial charge on any atom is -0.469 e. The lowest BCUT2D eigenvalue weighted by Crippen LogP contribution is -2.51. The molecule has 1 fully saturated rings. The Morgan fingerprint density at radius 1 is 1.47 bits per heavy atom. The molecule has 0 N–H and O–H groups in total. The predicted molar refractivity (Wildman–Crippen MR) is 59.8 cm³/mol. The van der Waals surface area contributed by atoms with Gasteiger partial charge in [0.2, 0.25) is 0 Å². The van der Waals surface area contributed by atoms with Gasteiger partial charge >= 0.3 is 5.97 Å². The van der Waals surface area contributed by atoms with Gasteiger partial charge in [-0.1, -0.05) is 6.92 Å². The lowest BCUT2D eigenvalue weighted by Gasteiger charge is -2.39. The van der Waals surface area contributed by atoms with Crippen LogP contribution in [0.25, 0.3) is 0 Å². The summed E-state index contributed by atoms with van der Waals surface area (Å²) in [7, 11) is 1.44. The van der Waals surface area contributed by atoms with Crippen molar-refractivity contribution in [3.8, 4) is 0 Å². The molecular weight excluding hydrogens is 192 g/mol. The maximum Gasteiger partial charge on any atom is 0.306 e. The van der Waals surface area contributed by atoms with Crippen molar-refractivity contribution < 1.29 is 9.53 Å². The highest BCUT2D eigenvalue weighted by molar-refractivity contribution is 5.69. The summed E-state index contributed by atoms with van der Waals surface area (Å²) in [4.78, 5) is 15.8. The highest BCUT2D eigenvalue weighted by atomic mass is 16.5. The van der Waals surface area contributed by atoms with E-state index in [1.807, 2.05) is 0 Å². The van der Waals surface area contributed by atoms with E-state index in [4.69, 9.17) is 0 Å². The lowest BCUT2D eigenvalue weighted by atomic mass is 10.2. The van der Waals surface area contributed by atoms with Gasteiger partial charge in [-0.2, -0.15) is 0 Å². The average Bonchev–Trinajstić information content (AvgIpc) is 2.26. The van der Waals surface area contributed by atoms with Gasteiger partial charge in [0.05, 0.1) is 13.5 Å². The van der Waals surface area contributed by atoms with Crippen molar-refractivity contribution >= 4 is 5.97 Å². The van der Waals surface area contributed by atoms with Crippen molar-refractivity contribution in [3.63, 3.8) is 0 Å². The van der Waals surface area contributed by atoms with E-state index in [2.05, 4.69) is 28.4 Å². The van der Waals surface area contributed by atoms with Crippen LogP contribution in [0, 0.1) is 0 Å². The molecule has 1 rings (SSSR count). The molecule has 0 aromatic carbocycles. The van der Waals surface area contributed by atoms with E-state index in [0.29, 0.717) is 12.5 Å². The first kappa shape index (κ1) is 12.5. The number of hydrogen-bond donors (Lipinski definition) is 0. The van der Waals surface area contributed by atoms with Gasteiger partial charge < -0.3 is 4.74 Å². The predicted octanol–water partition coefficient (Wildman–Crippen LogP) is 0.575. The molecule has 1 atom stereocenters. The Balaban J connectivity index is 2.25. The van der Waals surface area contributed by atoms with Crippen LogP contribution >= 0.6 is 0 Å². The zero-order valence-corrected chi connectivity index (χ0v) is 10.0. The first-order valence-corrected chi connectivity index (χ1v) is 5.70. The summed E-state index contributed by atoms with van der Waals surface area (Å²) >= 11 is 0. The fourth-order valence-corrected chi connectivity index (χ4v) is 2.10. The Labute approximate surface area is 92.2 Å². The van der Waals surface area contributed by atoms with Crippen LogP contribution in [-0.2, 0) is 9.53 Å². The van der Waals surface area contributed by atoms with Gasteiger partial charge in [-0.05, 0) is 13.5 Å². The Morgan fingerprint density at radius 3 is 2.73 bits per heavy atom. The Bertz CT molecular complexity index is 209. The van der Waals surface area contributed by atoms with Crippen molar-refractivity contribution in [3.05, 3.63) is 0 Å². The fourth-order valence-electron chi connectivity index (χ4n) is 2.10. The van der Waals surface area contributed by atoms with Crippen LogP contribution in [0.15, 0.2) is 0 Å². The number of methoxy groups -OCH3 is 1. The topological polar surface area (TPSA) is 32.8 Å². The number of carbonyl (C=O) groups is 1. The summed E-state index contributed by atoms with van der Waals surface area (Å²) in [5.74, 6) is -0.111. The summed E-state index contributed by atoms with van der Waals surface area (Å²) in [6.45, 7) is 9.62. The van der Waals surface area contributed by atoms with Crippen LogP contribution in [0.1, 0.15) is 20.3 Å². The van der Waals surface area contributed by atoms with E-state index in [1.54, 1.807) is 0 Å². The SMILES string of the molecule is CCN1CCN(CCC(=O)OC)CC1C. The minimum atomic E-state index is -0.111. The molecule has 15 heavy (non-hydrogen) atoms. The van der Waals surface area contributed by atoms with Gasteiger partial charge in [0.1, 0.15) is 0 Å². The summed E-state index contributed by atoms with van der Waals surface area (Å²) in [6.07, 6.45) is 0.509. The number of ether oxygens (including phenoxy) is 1. The molecule has 0 aromatic rings. The maximum absolute atomic E-state index is 11.0. The summed E-state index contributed by atoms with van der Waals surface area (Å²) in [6, 6.07) is 0.599. The Morgan fingerprint density at radius 2 is 2.20 bits per heavy atom. The van der Waals surface area contributed by atoms with E-state index in [1.165, 1.54) is 7.11 Å². The van der Waals surface area contributed by atoms with Crippen LogP contribution in [0.4, 0.5) is 0 Å². The Hall–Kier alpha value is -0.610. The third kappa shape index (κ3) is 3.80. The molecule has 0 aliphatic carbocycles. The minimum absolute atomic E-state index is 0.111. The largest absolute Gasteiger partial charge is 0.469 e. The van der Waals surface area contributed by atoms with E-state index < -0.39 is 0 Å². The number of piperazine rings is 1.